The summed E-state index contributed by atoms with van der Waals surface area (Å²) in [6, 6.07) is -0.706. The standard InChI is InChI=1S/C43H76N12O9/c1-25(2)21-33(41(63)52-31(12-7-9-19-45)40(62)55-35(24-56)36(46)58)54-42(64)34(22-26(3)4)53-39(61)30(11-6-8-18-44)51-38(60)32(13-10-20-49-43(47)48)50-37(59)27(5)23-28-14-16-29(57)17-15-28/h14-17,25-27,30-35,56-57H,6-13,18-24,44-45H2,1-5H3,(H2,46,58)(H,50,59)(H,51,60)(H,52,63)(H,53,61)(H,54,64)(H,55,62)(H4,47,48,49)/t27-,30-,31-,32-,33-,34-,35-/m0/s1. The zero-order chi connectivity index (χ0) is 48.4. The van der Waals surface area contributed by atoms with Crippen LogP contribution >= 0.6 is 0 Å². The molecule has 1 aromatic carbocycles. The molecular weight excluding hydrogens is 829 g/mol. The lowest BCUT2D eigenvalue weighted by molar-refractivity contribution is -0.136. The van der Waals surface area contributed by atoms with Crippen LogP contribution in [0.4, 0.5) is 0 Å². The number of guanidine groups is 1. The van der Waals surface area contributed by atoms with Crippen LogP contribution in [0.25, 0.3) is 0 Å². The Kier molecular flexibility index (Phi) is 26.9. The van der Waals surface area contributed by atoms with Gasteiger partial charge in [0.05, 0.1) is 6.61 Å². The van der Waals surface area contributed by atoms with E-state index in [-0.39, 0.29) is 62.2 Å². The van der Waals surface area contributed by atoms with Crippen LogP contribution in [0.3, 0.4) is 0 Å². The molecule has 0 saturated heterocycles. The molecule has 0 radical (unpaired) electrons. The molecule has 0 saturated carbocycles. The van der Waals surface area contributed by atoms with Gasteiger partial charge in [-0.05, 0) is 113 Å². The van der Waals surface area contributed by atoms with Gasteiger partial charge in [-0.15, -0.1) is 0 Å². The molecule has 0 bridgehead atoms. The van der Waals surface area contributed by atoms with E-state index in [0.29, 0.717) is 51.6 Å². The molecule has 7 amide bonds. The van der Waals surface area contributed by atoms with Crippen LogP contribution in [0.2, 0.25) is 0 Å². The first-order chi connectivity index (χ1) is 30.2. The molecule has 0 aliphatic carbocycles. The second-order valence-corrected chi connectivity index (χ2v) is 17.0. The Morgan fingerprint density at radius 2 is 0.938 bits per heavy atom. The van der Waals surface area contributed by atoms with E-state index in [1.54, 1.807) is 19.1 Å². The number of nitrogens with two attached hydrogens (primary N) is 4. The minimum atomic E-state index is -1.39. The van der Waals surface area contributed by atoms with Crippen molar-refractivity contribution in [3.05, 3.63) is 29.8 Å². The van der Waals surface area contributed by atoms with E-state index in [1.165, 1.54) is 12.1 Å². The van der Waals surface area contributed by atoms with Crippen molar-refractivity contribution >= 4 is 47.3 Å². The number of primary amides is 1. The van der Waals surface area contributed by atoms with Crippen LogP contribution in [-0.2, 0) is 40.0 Å². The second-order valence-electron chi connectivity index (χ2n) is 17.0. The number of phenolic OH excluding ortho intramolecular Hbond substituents is 1. The molecule has 0 aliphatic rings. The molecule has 64 heavy (non-hydrogen) atoms. The minimum Gasteiger partial charge on any atom is -0.508 e. The number of amides is 7. The molecule has 18 N–H and O–H groups in total. The van der Waals surface area contributed by atoms with Crippen LogP contribution in [-0.4, -0.2) is 120 Å². The van der Waals surface area contributed by atoms with Crippen LogP contribution in [0, 0.1) is 23.2 Å². The van der Waals surface area contributed by atoms with Crippen LogP contribution < -0.4 is 60.2 Å². The van der Waals surface area contributed by atoms with Gasteiger partial charge in [-0.25, -0.2) is 0 Å². The van der Waals surface area contributed by atoms with Gasteiger partial charge in [0.15, 0.2) is 5.96 Å². The third-order valence-corrected chi connectivity index (χ3v) is 10.2. The normalized spacial score (nSPS) is 14.5. The Labute approximate surface area is 377 Å². The molecular formula is C43H76N12O9. The highest BCUT2D eigenvalue weighted by Crippen LogP contribution is 2.15. The summed E-state index contributed by atoms with van der Waals surface area (Å²) in [6.07, 6.45) is 3.29. The Bertz CT molecular complexity index is 1650. The van der Waals surface area contributed by atoms with E-state index in [0.717, 1.165) is 5.56 Å². The van der Waals surface area contributed by atoms with Gasteiger partial charge in [0.2, 0.25) is 41.4 Å². The second kappa shape index (κ2) is 30.5. The average molecular weight is 905 g/mol. The number of unbranched alkanes of at least 4 members (excludes halogenated alkanes) is 2. The molecule has 0 aliphatic heterocycles. The quantitative estimate of drug-likeness (QED) is 0.0224. The van der Waals surface area contributed by atoms with Gasteiger partial charge in [-0.3, -0.25) is 39.0 Å². The number of aliphatic hydroxyl groups is 1. The van der Waals surface area contributed by atoms with Gasteiger partial charge >= 0.3 is 0 Å². The van der Waals surface area contributed by atoms with Gasteiger partial charge in [0.25, 0.3) is 0 Å². The predicted molar refractivity (Wildman–Crippen MR) is 243 cm³/mol. The lowest BCUT2D eigenvalue weighted by Gasteiger charge is -2.29. The van der Waals surface area contributed by atoms with E-state index < -0.39 is 90.1 Å². The third kappa shape index (κ3) is 22.7. The van der Waals surface area contributed by atoms with Crippen molar-refractivity contribution in [2.24, 2.45) is 40.7 Å². The van der Waals surface area contributed by atoms with Gasteiger partial charge in [-0.1, -0.05) is 46.8 Å². The third-order valence-electron chi connectivity index (χ3n) is 10.2. The molecule has 0 unspecified atom stereocenters. The molecule has 362 valence electrons. The number of phenols is 1. The number of benzene rings is 1. The largest absolute Gasteiger partial charge is 0.508 e. The van der Waals surface area contributed by atoms with Crippen LogP contribution in [0.15, 0.2) is 24.3 Å². The first-order valence-electron chi connectivity index (χ1n) is 22.2. The van der Waals surface area contributed by atoms with E-state index in [9.17, 15) is 43.8 Å². The number of hydrogen-bond donors (Lipinski definition) is 14. The first kappa shape index (κ1) is 56.5. The van der Waals surface area contributed by atoms with E-state index in [2.05, 4.69) is 37.2 Å². The summed E-state index contributed by atoms with van der Waals surface area (Å²) in [5, 5.41) is 45.5. The predicted octanol–water partition coefficient (Wildman–Crippen LogP) is -1.43. The maximum absolute atomic E-state index is 14.1. The smallest absolute Gasteiger partial charge is 0.243 e. The summed E-state index contributed by atoms with van der Waals surface area (Å²) in [5.74, 6) is -5.83. The number of carbonyl (C=O) groups excluding carboxylic acids is 7. The van der Waals surface area contributed by atoms with Crippen molar-refractivity contribution in [2.45, 2.75) is 141 Å². The number of nitrogens with one attached hydrogen (secondary N) is 8. The summed E-state index contributed by atoms with van der Waals surface area (Å²) >= 11 is 0. The first-order valence-corrected chi connectivity index (χ1v) is 22.2. The van der Waals surface area contributed by atoms with Gasteiger partial charge in [0.1, 0.15) is 42.0 Å². The van der Waals surface area contributed by atoms with E-state index >= 15 is 0 Å². The maximum atomic E-state index is 14.1. The fraction of sp³-hybridized carbons (Fsp3) is 0.674. The van der Waals surface area contributed by atoms with Crippen molar-refractivity contribution in [3.8, 4) is 5.75 Å². The SMILES string of the molecule is CC(C)C[C@H](NC(=O)[C@H](CC(C)C)NC(=O)[C@H](CCCCN)NC(=O)[C@H](CCCNC(=N)N)NC(=O)[C@@H](C)Cc1ccc(O)cc1)C(=O)N[C@@H](CCCCN)C(=O)N[C@@H](CO)C(N)=O. The molecule has 0 spiro atoms. The van der Waals surface area contributed by atoms with Crippen molar-refractivity contribution in [3.63, 3.8) is 0 Å². The van der Waals surface area contributed by atoms with Crippen molar-refractivity contribution in [2.75, 3.05) is 26.2 Å². The zero-order valence-corrected chi connectivity index (χ0v) is 38.2. The highest BCUT2D eigenvalue weighted by molar-refractivity contribution is 5.97. The number of hydrogen-bond acceptors (Lipinski definition) is 12. The summed E-state index contributed by atoms with van der Waals surface area (Å²) in [7, 11) is 0. The summed E-state index contributed by atoms with van der Waals surface area (Å²) in [4.78, 5) is 94.4. The van der Waals surface area contributed by atoms with Crippen LogP contribution in [0.5, 0.6) is 5.75 Å². The summed E-state index contributed by atoms with van der Waals surface area (Å²) in [6.45, 7) is 9.20. The monoisotopic (exact) mass is 905 g/mol. The van der Waals surface area contributed by atoms with Gasteiger partial charge in [-0.2, -0.15) is 0 Å². The molecule has 1 aromatic rings. The van der Waals surface area contributed by atoms with Gasteiger partial charge < -0.3 is 70.4 Å². The lowest BCUT2D eigenvalue weighted by Crippen LogP contribution is -2.60. The fourth-order valence-electron chi connectivity index (χ4n) is 6.69. The Morgan fingerprint density at radius 3 is 1.31 bits per heavy atom. The number of aliphatic hydroxyl groups excluding tert-OH is 1. The molecule has 0 fully saturated rings. The number of aromatic hydroxyl groups is 1. The highest BCUT2D eigenvalue weighted by atomic mass is 16.3. The molecule has 0 heterocycles. The van der Waals surface area contributed by atoms with Crippen molar-refractivity contribution in [1.29, 1.82) is 5.41 Å². The van der Waals surface area contributed by atoms with E-state index in [1.807, 2.05) is 27.7 Å². The molecule has 0 aromatic heterocycles. The number of rotatable bonds is 32. The average Bonchev–Trinajstić information content (AvgIpc) is 3.22. The molecule has 21 nitrogen and oxygen atoms in total. The fourth-order valence-corrected chi connectivity index (χ4v) is 6.69. The molecule has 7 atom stereocenters. The zero-order valence-electron chi connectivity index (χ0n) is 38.2. The Hall–Kier alpha value is -5.54. The topological polar surface area (TPSA) is 372 Å². The highest BCUT2D eigenvalue weighted by Gasteiger charge is 2.34. The minimum absolute atomic E-state index is 0.0838. The number of carbonyl (C=O) groups is 7. The Morgan fingerprint density at radius 1 is 0.562 bits per heavy atom. The molecule has 21 heteroatoms. The van der Waals surface area contributed by atoms with Crippen LogP contribution in [0.1, 0.15) is 104 Å². The molecule has 1 rings (SSSR count). The van der Waals surface area contributed by atoms with E-state index in [4.69, 9.17) is 28.3 Å². The van der Waals surface area contributed by atoms with Gasteiger partial charge in [0, 0.05) is 12.5 Å². The Balaban J connectivity index is 3.37. The maximum Gasteiger partial charge on any atom is 0.243 e. The van der Waals surface area contributed by atoms with Crippen molar-refractivity contribution in [1.82, 2.24) is 37.2 Å². The lowest BCUT2D eigenvalue weighted by atomic mass is 9.98. The summed E-state index contributed by atoms with van der Waals surface area (Å²) in [5.41, 5.74) is 22.9. The summed E-state index contributed by atoms with van der Waals surface area (Å²) < 4.78 is 0. The van der Waals surface area contributed by atoms with Crippen molar-refractivity contribution < 1.29 is 43.8 Å².